The summed E-state index contributed by atoms with van der Waals surface area (Å²) in [6.45, 7) is 4.32. The topological polar surface area (TPSA) is 99.3 Å². The van der Waals surface area contributed by atoms with Crippen LogP contribution in [0.3, 0.4) is 0 Å². The van der Waals surface area contributed by atoms with Crippen molar-refractivity contribution in [2.45, 2.75) is 20.4 Å². The molecule has 0 unspecified atom stereocenters. The number of aryl methyl sites for hydroxylation is 2. The molecular weight excluding hydrogens is 384 g/mol. The summed E-state index contributed by atoms with van der Waals surface area (Å²) < 4.78 is 7.25. The fourth-order valence-corrected chi connectivity index (χ4v) is 2.77. The first kappa shape index (κ1) is 19.4. The van der Waals surface area contributed by atoms with E-state index >= 15 is 0 Å². The van der Waals surface area contributed by atoms with Crippen molar-refractivity contribution in [1.82, 2.24) is 9.78 Å². The Morgan fingerprint density at radius 2 is 2.07 bits per heavy atom. The van der Waals surface area contributed by atoms with Crippen LogP contribution in [-0.2, 0) is 6.54 Å². The van der Waals surface area contributed by atoms with Crippen LogP contribution in [0.1, 0.15) is 23.0 Å². The van der Waals surface area contributed by atoms with Crippen molar-refractivity contribution < 1.29 is 14.5 Å². The van der Waals surface area contributed by atoms with Crippen LogP contribution in [0.25, 0.3) is 0 Å². The number of benzene rings is 2. The summed E-state index contributed by atoms with van der Waals surface area (Å²) in [7, 11) is 0. The molecule has 0 saturated carbocycles. The lowest BCUT2D eigenvalue weighted by Crippen LogP contribution is -2.14. The van der Waals surface area contributed by atoms with Gasteiger partial charge in [0.25, 0.3) is 11.6 Å². The number of nitrogens with zero attached hydrogens (tertiary/aromatic N) is 3. The Labute approximate surface area is 165 Å². The first-order valence-electron chi connectivity index (χ1n) is 8.44. The van der Waals surface area contributed by atoms with E-state index < -0.39 is 10.8 Å². The number of carbonyl (C=O) groups is 1. The Morgan fingerprint density at radius 1 is 1.29 bits per heavy atom. The predicted molar refractivity (Wildman–Crippen MR) is 105 cm³/mol. The average Bonchev–Trinajstić information content (AvgIpc) is 3.02. The lowest BCUT2D eigenvalue weighted by Gasteiger charge is -2.09. The quantitative estimate of drug-likeness (QED) is 0.472. The highest BCUT2D eigenvalue weighted by atomic mass is 35.5. The lowest BCUT2D eigenvalue weighted by molar-refractivity contribution is -0.384. The average molecular weight is 401 g/mol. The zero-order valence-corrected chi connectivity index (χ0v) is 15.9. The van der Waals surface area contributed by atoms with Crippen LogP contribution in [0.5, 0.6) is 11.5 Å². The van der Waals surface area contributed by atoms with E-state index in [-0.39, 0.29) is 27.8 Å². The van der Waals surface area contributed by atoms with Crippen molar-refractivity contribution in [3.63, 3.8) is 0 Å². The first-order chi connectivity index (χ1) is 13.4. The smallest absolute Gasteiger partial charge is 0.277 e. The van der Waals surface area contributed by atoms with Crippen molar-refractivity contribution in [3.8, 4) is 11.5 Å². The number of hydrogen-bond donors (Lipinski definition) is 1. The van der Waals surface area contributed by atoms with Crippen LogP contribution in [0, 0.1) is 17.0 Å². The molecule has 0 atom stereocenters. The summed E-state index contributed by atoms with van der Waals surface area (Å²) in [6.07, 6.45) is 1.54. The fraction of sp³-hybridized carbons (Fsp3) is 0.158. The number of hydrogen-bond acceptors (Lipinski definition) is 5. The summed E-state index contributed by atoms with van der Waals surface area (Å²) in [5, 5.41) is 18.1. The van der Waals surface area contributed by atoms with Gasteiger partial charge in [-0.05, 0) is 31.5 Å². The molecule has 3 rings (SSSR count). The summed E-state index contributed by atoms with van der Waals surface area (Å²) >= 11 is 6.04. The molecule has 28 heavy (non-hydrogen) atoms. The van der Waals surface area contributed by atoms with Gasteiger partial charge in [-0.1, -0.05) is 23.7 Å². The number of nitrogens with one attached hydrogen (secondary N) is 1. The molecule has 0 fully saturated rings. The maximum Gasteiger partial charge on any atom is 0.277 e. The molecule has 0 aliphatic carbocycles. The van der Waals surface area contributed by atoms with Gasteiger partial charge in [0.1, 0.15) is 11.5 Å². The zero-order chi connectivity index (χ0) is 20.3. The van der Waals surface area contributed by atoms with Gasteiger partial charge >= 0.3 is 0 Å². The third-order valence-corrected chi connectivity index (χ3v) is 4.12. The van der Waals surface area contributed by atoms with Gasteiger partial charge in [-0.25, -0.2) is 0 Å². The SMILES string of the molecule is CCn1cc(Cl)c(C(=O)Nc2cc(Oc3cccc(C)c3)cc([N+](=O)[O-])c2)n1. The number of amides is 1. The number of ether oxygens (including phenoxy) is 1. The number of anilines is 1. The highest BCUT2D eigenvalue weighted by Crippen LogP contribution is 2.30. The van der Waals surface area contributed by atoms with Gasteiger partial charge in [0.05, 0.1) is 21.7 Å². The normalized spacial score (nSPS) is 10.5. The predicted octanol–water partition coefficient (Wildman–Crippen LogP) is 4.82. The number of rotatable bonds is 6. The van der Waals surface area contributed by atoms with E-state index in [0.29, 0.717) is 12.3 Å². The number of aromatic nitrogens is 2. The number of nitro benzene ring substituents is 1. The second kappa shape index (κ2) is 8.10. The van der Waals surface area contributed by atoms with Crippen molar-refractivity contribution in [3.05, 3.63) is 75.1 Å². The second-order valence-corrected chi connectivity index (χ2v) is 6.43. The molecule has 8 nitrogen and oxygen atoms in total. The highest BCUT2D eigenvalue weighted by Gasteiger charge is 2.18. The standard InChI is InChI=1S/C19H17ClN4O4/c1-3-23-11-17(20)18(22-23)19(25)21-13-8-14(24(26)27)10-16(9-13)28-15-6-4-5-12(2)7-15/h4-11H,3H2,1-2H3,(H,21,25). The van der Waals surface area contributed by atoms with E-state index in [1.54, 1.807) is 12.1 Å². The first-order valence-corrected chi connectivity index (χ1v) is 8.82. The van der Waals surface area contributed by atoms with Gasteiger partial charge in [0.15, 0.2) is 5.69 Å². The molecule has 144 valence electrons. The third kappa shape index (κ3) is 4.47. The monoisotopic (exact) mass is 400 g/mol. The summed E-state index contributed by atoms with van der Waals surface area (Å²) in [5.41, 5.74) is 1.00. The number of nitro groups is 1. The van der Waals surface area contributed by atoms with Gasteiger partial charge in [0.2, 0.25) is 0 Å². The summed E-state index contributed by atoms with van der Waals surface area (Å²) in [4.78, 5) is 23.2. The Bertz CT molecular complexity index is 1050. The molecule has 3 aromatic rings. The van der Waals surface area contributed by atoms with Crippen LogP contribution in [0.4, 0.5) is 11.4 Å². The van der Waals surface area contributed by atoms with E-state index in [9.17, 15) is 14.9 Å². The lowest BCUT2D eigenvalue weighted by atomic mass is 10.2. The minimum Gasteiger partial charge on any atom is -0.457 e. The van der Waals surface area contributed by atoms with Gasteiger partial charge in [-0.3, -0.25) is 19.6 Å². The van der Waals surface area contributed by atoms with E-state index in [1.165, 1.54) is 29.1 Å². The van der Waals surface area contributed by atoms with Crippen LogP contribution in [0.15, 0.2) is 48.7 Å². The largest absolute Gasteiger partial charge is 0.457 e. The zero-order valence-electron chi connectivity index (χ0n) is 15.2. The number of carbonyl (C=O) groups excluding carboxylic acids is 1. The molecule has 1 aromatic heterocycles. The van der Waals surface area contributed by atoms with Crippen molar-refractivity contribution in [2.75, 3.05) is 5.32 Å². The molecule has 1 N–H and O–H groups in total. The van der Waals surface area contributed by atoms with Gasteiger partial charge in [0, 0.05) is 24.9 Å². The minimum absolute atomic E-state index is 0.0381. The van der Waals surface area contributed by atoms with Crippen LogP contribution in [-0.4, -0.2) is 20.6 Å². The molecule has 1 amide bonds. The molecule has 0 spiro atoms. The fourth-order valence-electron chi connectivity index (χ4n) is 2.54. The summed E-state index contributed by atoms with van der Waals surface area (Å²) in [5.74, 6) is 0.182. The Kier molecular flexibility index (Phi) is 5.60. The Hall–Kier alpha value is -3.39. The van der Waals surface area contributed by atoms with E-state index in [2.05, 4.69) is 10.4 Å². The van der Waals surface area contributed by atoms with Crippen molar-refractivity contribution in [2.24, 2.45) is 0 Å². The van der Waals surface area contributed by atoms with Crippen molar-refractivity contribution in [1.29, 1.82) is 0 Å². The second-order valence-electron chi connectivity index (χ2n) is 6.03. The molecule has 9 heteroatoms. The number of non-ortho nitro benzene ring substituents is 1. The maximum atomic E-state index is 12.5. The molecule has 0 aliphatic rings. The molecule has 0 bridgehead atoms. The number of halogens is 1. The van der Waals surface area contributed by atoms with Crippen LogP contribution in [0.2, 0.25) is 5.02 Å². The third-order valence-electron chi connectivity index (χ3n) is 3.84. The van der Waals surface area contributed by atoms with E-state index in [1.807, 2.05) is 26.0 Å². The van der Waals surface area contributed by atoms with Crippen LogP contribution < -0.4 is 10.1 Å². The maximum absolute atomic E-state index is 12.5. The van der Waals surface area contributed by atoms with E-state index in [4.69, 9.17) is 16.3 Å². The molecule has 0 saturated heterocycles. The van der Waals surface area contributed by atoms with E-state index in [0.717, 1.165) is 5.56 Å². The highest BCUT2D eigenvalue weighted by molar-refractivity contribution is 6.34. The van der Waals surface area contributed by atoms with Gasteiger partial charge < -0.3 is 10.1 Å². The Balaban J connectivity index is 1.89. The minimum atomic E-state index is -0.570. The summed E-state index contributed by atoms with van der Waals surface area (Å²) in [6, 6.07) is 11.3. The molecule has 0 aliphatic heterocycles. The van der Waals surface area contributed by atoms with Gasteiger partial charge in [-0.2, -0.15) is 5.10 Å². The Morgan fingerprint density at radius 3 is 2.71 bits per heavy atom. The molecule has 2 aromatic carbocycles. The van der Waals surface area contributed by atoms with Crippen molar-refractivity contribution >= 4 is 28.9 Å². The molecular formula is C19H17ClN4O4. The molecule has 1 heterocycles. The van der Waals surface area contributed by atoms with Crippen LogP contribution >= 0.6 is 11.6 Å². The molecule has 0 radical (unpaired) electrons. The van der Waals surface area contributed by atoms with Gasteiger partial charge in [-0.15, -0.1) is 0 Å².